The Bertz CT molecular complexity index is 865. The summed E-state index contributed by atoms with van der Waals surface area (Å²) in [4.78, 5) is 18.7. The molecule has 24 heavy (non-hydrogen) atoms. The van der Waals surface area contributed by atoms with E-state index in [0.29, 0.717) is 11.6 Å². The van der Waals surface area contributed by atoms with E-state index >= 15 is 0 Å². The van der Waals surface area contributed by atoms with Gasteiger partial charge in [0.2, 0.25) is 0 Å². The van der Waals surface area contributed by atoms with Crippen molar-refractivity contribution < 1.29 is 4.74 Å². The number of fused-ring (bicyclic) bond motifs is 1. The number of nitrogens with zero attached hydrogens (tertiary/aromatic N) is 4. The van der Waals surface area contributed by atoms with Gasteiger partial charge in [-0.3, -0.25) is 0 Å². The molecular weight excluding hydrogens is 326 g/mol. The van der Waals surface area contributed by atoms with Gasteiger partial charge in [0.05, 0.1) is 11.1 Å². The monoisotopic (exact) mass is 343 g/mol. The van der Waals surface area contributed by atoms with Gasteiger partial charge in [-0.05, 0) is 31.9 Å². The van der Waals surface area contributed by atoms with Gasteiger partial charge in [0.1, 0.15) is 24.5 Å². The molecule has 2 aromatic heterocycles. The summed E-state index contributed by atoms with van der Waals surface area (Å²) in [7, 11) is 0. The van der Waals surface area contributed by atoms with Crippen LogP contribution in [0.5, 0.6) is 5.75 Å². The lowest BCUT2D eigenvalue weighted by molar-refractivity contribution is 0.288. The number of aromatic nitrogens is 4. The Morgan fingerprint density at radius 3 is 3.08 bits per heavy atom. The highest BCUT2D eigenvalue weighted by Gasteiger charge is 2.28. The van der Waals surface area contributed by atoms with E-state index in [1.54, 1.807) is 6.33 Å². The van der Waals surface area contributed by atoms with E-state index in [9.17, 15) is 0 Å². The number of rotatable bonds is 4. The lowest BCUT2D eigenvalue weighted by Gasteiger charge is -2.25. The summed E-state index contributed by atoms with van der Waals surface area (Å²) in [6.07, 6.45) is 3.74. The summed E-state index contributed by atoms with van der Waals surface area (Å²) in [5.74, 6) is 2.43. The summed E-state index contributed by atoms with van der Waals surface area (Å²) < 4.78 is 5.94. The predicted octanol–water partition coefficient (Wildman–Crippen LogP) is 3.36. The van der Waals surface area contributed by atoms with Crippen LogP contribution in [0.25, 0.3) is 11.2 Å². The molecule has 0 spiro atoms. The average Bonchev–Trinajstić information content (AvgIpc) is 3.19. The Balaban J connectivity index is 1.57. The second kappa shape index (κ2) is 6.28. The fraction of sp³-hybridized carbons (Fsp3) is 0.353. The summed E-state index contributed by atoms with van der Waals surface area (Å²) in [6, 6.07) is 7.80. The number of nitrogens with one attached hydrogen (secondary N) is 1. The maximum Gasteiger partial charge on any atom is 0.163 e. The van der Waals surface area contributed by atoms with Crippen molar-refractivity contribution in [1.29, 1.82) is 0 Å². The van der Waals surface area contributed by atoms with Crippen molar-refractivity contribution in [3.8, 4) is 5.75 Å². The molecule has 1 aliphatic heterocycles. The molecule has 124 valence electrons. The van der Waals surface area contributed by atoms with Crippen LogP contribution >= 0.6 is 11.6 Å². The number of halogens is 1. The maximum absolute atomic E-state index is 6.17. The number of H-pyrrole nitrogens is 1. The van der Waals surface area contributed by atoms with E-state index in [2.05, 4.69) is 24.8 Å². The number of anilines is 1. The zero-order valence-electron chi connectivity index (χ0n) is 13.4. The SMILES string of the molecule is Cc1nc2c(N3CCCC3COc3ccccc3Cl)ncnc2[nH]1. The Kier molecular flexibility index (Phi) is 3.98. The van der Waals surface area contributed by atoms with Crippen LogP contribution in [0.15, 0.2) is 30.6 Å². The van der Waals surface area contributed by atoms with Crippen LogP contribution in [0.1, 0.15) is 18.7 Å². The molecule has 0 radical (unpaired) electrons. The van der Waals surface area contributed by atoms with Crippen LogP contribution in [0.3, 0.4) is 0 Å². The van der Waals surface area contributed by atoms with Crippen LogP contribution in [0.4, 0.5) is 5.82 Å². The van der Waals surface area contributed by atoms with E-state index in [1.807, 2.05) is 31.2 Å². The van der Waals surface area contributed by atoms with E-state index in [4.69, 9.17) is 16.3 Å². The third kappa shape index (κ3) is 2.78. The van der Waals surface area contributed by atoms with Crippen LogP contribution in [0, 0.1) is 6.92 Å². The molecule has 1 unspecified atom stereocenters. The molecule has 1 aromatic carbocycles. The molecule has 1 saturated heterocycles. The average molecular weight is 344 g/mol. The van der Waals surface area contributed by atoms with Crippen molar-refractivity contribution >= 4 is 28.6 Å². The Morgan fingerprint density at radius 1 is 1.33 bits per heavy atom. The fourth-order valence-electron chi connectivity index (χ4n) is 3.18. The van der Waals surface area contributed by atoms with Crippen molar-refractivity contribution in [2.24, 2.45) is 0 Å². The third-order valence-electron chi connectivity index (χ3n) is 4.30. The molecule has 1 aliphatic rings. The summed E-state index contributed by atoms with van der Waals surface area (Å²) in [5, 5.41) is 0.634. The quantitative estimate of drug-likeness (QED) is 0.786. The Hall–Kier alpha value is -2.34. The Morgan fingerprint density at radius 2 is 2.21 bits per heavy atom. The van der Waals surface area contributed by atoms with Gasteiger partial charge in [0.15, 0.2) is 17.0 Å². The molecule has 0 bridgehead atoms. The van der Waals surface area contributed by atoms with Crippen LogP contribution in [-0.4, -0.2) is 39.1 Å². The summed E-state index contributed by atoms with van der Waals surface area (Å²) >= 11 is 6.17. The minimum Gasteiger partial charge on any atom is -0.490 e. The number of aryl methyl sites for hydroxylation is 1. The molecule has 1 fully saturated rings. The summed E-state index contributed by atoms with van der Waals surface area (Å²) in [6.45, 7) is 3.43. The molecule has 0 amide bonds. The van der Waals surface area contributed by atoms with Gasteiger partial charge in [0, 0.05) is 6.54 Å². The molecule has 0 saturated carbocycles. The van der Waals surface area contributed by atoms with Gasteiger partial charge in [-0.1, -0.05) is 23.7 Å². The molecule has 3 aromatic rings. The number of benzene rings is 1. The van der Waals surface area contributed by atoms with Crippen LogP contribution in [0.2, 0.25) is 5.02 Å². The van der Waals surface area contributed by atoms with Gasteiger partial charge in [-0.15, -0.1) is 0 Å². The minimum absolute atomic E-state index is 0.247. The number of hydrogen-bond acceptors (Lipinski definition) is 5. The number of ether oxygens (including phenoxy) is 1. The Labute approximate surface area is 144 Å². The highest BCUT2D eigenvalue weighted by molar-refractivity contribution is 6.32. The fourth-order valence-corrected chi connectivity index (χ4v) is 3.37. The zero-order valence-corrected chi connectivity index (χ0v) is 14.1. The second-order valence-electron chi connectivity index (χ2n) is 5.95. The first-order valence-electron chi connectivity index (χ1n) is 8.03. The largest absolute Gasteiger partial charge is 0.490 e. The predicted molar refractivity (Wildman–Crippen MR) is 93.7 cm³/mol. The first kappa shape index (κ1) is 15.2. The number of aromatic amines is 1. The first-order chi connectivity index (χ1) is 11.7. The van der Waals surface area contributed by atoms with Gasteiger partial charge < -0.3 is 14.6 Å². The molecule has 6 nitrogen and oxygen atoms in total. The molecule has 3 heterocycles. The number of para-hydroxylation sites is 1. The highest BCUT2D eigenvalue weighted by atomic mass is 35.5. The van der Waals surface area contributed by atoms with Gasteiger partial charge in [-0.2, -0.15) is 0 Å². The maximum atomic E-state index is 6.17. The topological polar surface area (TPSA) is 66.9 Å². The zero-order chi connectivity index (χ0) is 16.5. The molecule has 7 heteroatoms. The number of hydrogen-bond donors (Lipinski definition) is 1. The summed E-state index contributed by atoms with van der Waals surface area (Å²) in [5.41, 5.74) is 1.59. The van der Waals surface area contributed by atoms with Crippen LogP contribution < -0.4 is 9.64 Å². The van der Waals surface area contributed by atoms with E-state index in [-0.39, 0.29) is 6.04 Å². The van der Waals surface area contributed by atoms with E-state index in [1.165, 1.54) is 0 Å². The molecule has 4 rings (SSSR count). The van der Waals surface area contributed by atoms with Crippen molar-refractivity contribution in [3.63, 3.8) is 0 Å². The molecule has 0 aliphatic carbocycles. The lowest BCUT2D eigenvalue weighted by Crippen LogP contribution is -2.35. The van der Waals surface area contributed by atoms with E-state index < -0.39 is 0 Å². The smallest absolute Gasteiger partial charge is 0.163 e. The number of imidazole rings is 1. The van der Waals surface area contributed by atoms with Gasteiger partial charge in [-0.25, -0.2) is 15.0 Å². The van der Waals surface area contributed by atoms with Gasteiger partial charge in [0.25, 0.3) is 0 Å². The highest BCUT2D eigenvalue weighted by Crippen LogP contribution is 2.30. The van der Waals surface area contributed by atoms with Crippen molar-refractivity contribution in [2.75, 3.05) is 18.1 Å². The van der Waals surface area contributed by atoms with Crippen molar-refractivity contribution in [2.45, 2.75) is 25.8 Å². The first-order valence-corrected chi connectivity index (χ1v) is 8.41. The normalized spacial score (nSPS) is 17.6. The van der Waals surface area contributed by atoms with Crippen molar-refractivity contribution in [1.82, 2.24) is 19.9 Å². The standard InChI is InChI=1S/C17H18ClN5O/c1-11-21-15-16(22-11)19-10-20-17(15)23-8-4-5-12(23)9-24-14-7-3-2-6-13(14)18/h2-3,6-7,10,12H,4-5,8-9H2,1H3,(H,19,20,21,22). The van der Waals surface area contributed by atoms with Crippen molar-refractivity contribution in [3.05, 3.63) is 41.4 Å². The molecule has 1 atom stereocenters. The second-order valence-corrected chi connectivity index (χ2v) is 6.35. The van der Waals surface area contributed by atoms with Gasteiger partial charge >= 0.3 is 0 Å². The third-order valence-corrected chi connectivity index (χ3v) is 4.61. The minimum atomic E-state index is 0.247. The van der Waals surface area contributed by atoms with Crippen LogP contribution in [-0.2, 0) is 0 Å². The molecular formula is C17H18ClN5O. The molecule has 1 N–H and O–H groups in total. The van der Waals surface area contributed by atoms with E-state index in [0.717, 1.165) is 47.9 Å². The lowest BCUT2D eigenvalue weighted by atomic mass is 10.2.